The molecule has 1 aliphatic rings. The van der Waals surface area contributed by atoms with Crippen molar-refractivity contribution in [2.75, 3.05) is 13.7 Å². The summed E-state index contributed by atoms with van der Waals surface area (Å²) >= 11 is 5.93. The Hall–Kier alpha value is -1.70. The van der Waals surface area contributed by atoms with Crippen LogP contribution >= 0.6 is 11.6 Å². The second-order valence-corrected chi connectivity index (χ2v) is 6.06. The number of hydrogen-bond donors (Lipinski definition) is 2. The number of carbonyl (C=O) groups is 1. The first-order valence-electron chi connectivity index (χ1n) is 7.34. The molecule has 1 aromatic rings. The molecular formula is C17H20ClNO3. The molecule has 4 nitrogen and oxygen atoms in total. The fourth-order valence-corrected chi connectivity index (χ4v) is 2.90. The molecule has 118 valence electrons. The quantitative estimate of drug-likeness (QED) is 0.823. The maximum Gasteiger partial charge on any atom is 0.406 e. The van der Waals surface area contributed by atoms with Crippen LogP contribution in [-0.4, -0.2) is 30.5 Å². The summed E-state index contributed by atoms with van der Waals surface area (Å²) < 4.78 is 4.56. The molecule has 22 heavy (non-hydrogen) atoms. The molecule has 0 saturated heterocycles. The Bertz CT molecular complexity index is 593. The first-order chi connectivity index (χ1) is 10.5. The number of alkyl carbamates (subject to hydrolysis) is 1. The highest BCUT2D eigenvalue weighted by atomic mass is 35.5. The molecular weight excluding hydrogens is 302 g/mol. The normalized spacial score (nSPS) is 24.0. The van der Waals surface area contributed by atoms with Crippen molar-refractivity contribution >= 4 is 17.7 Å². The molecule has 0 spiro atoms. The van der Waals surface area contributed by atoms with Crippen molar-refractivity contribution in [3.63, 3.8) is 0 Å². The van der Waals surface area contributed by atoms with Gasteiger partial charge < -0.3 is 15.2 Å². The van der Waals surface area contributed by atoms with E-state index in [-0.39, 0.29) is 5.92 Å². The number of halogens is 1. The Morgan fingerprint density at radius 1 is 1.59 bits per heavy atom. The number of benzene rings is 1. The summed E-state index contributed by atoms with van der Waals surface area (Å²) in [6.45, 7) is 0.494. The van der Waals surface area contributed by atoms with Gasteiger partial charge in [-0.3, -0.25) is 0 Å². The van der Waals surface area contributed by atoms with Gasteiger partial charge in [-0.15, -0.1) is 0 Å². The van der Waals surface area contributed by atoms with Crippen LogP contribution < -0.4 is 5.32 Å². The van der Waals surface area contributed by atoms with Crippen LogP contribution in [0.1, 0.15) is 31.2 Å². The smallest absolute Gasteiger partial charge is 0.406 e. The van der Waals surface area contributed by atoms with E-state index < -0.39 is 11.7 Å². The molecule has 0 heterocycles. The number of methoxy groups -OCH3 is 1. The Labute approximate surface area is 135 Å². The summed E-state index contributed by atoms with van der Waals surface area (Å²) in [4.78, 5) is 11.1. The highest BCUT2D eigenvalue weighted by Crippen LogP contribution is 2.31. The second-order valence-electron chi connectivity index (χ2n) is 5.63. The van der Waals surface area contributed by atoms with Crippen molar-refractivity contribution in [2.45, 2.75) is 31.3 Å². The SMILES string of the molecule is COC(=O)NCC1CCCC(O)(C#Cc2cccc(Cl)c2)C1. The largest absolute Gasteiger partial charge is 0.453 e. The van der Waals surface area contributed by atoms with Crippen LogP contribution in [0.4, 0.5) is 4.79 Å². The minimum Gasteiger partial charge on any atom is -0.453 e. The van der Waals surface area contributed by atoms with Gasteiger partial charge in [0.2, 0.25) is 0 Å². The number of rotatable bonds is 2. The molecule has 1 aliphatic carbocycles. The predicted octanol–water partition coefficient (Wildman–Crippen LogP) is 2.97. The van der Waals surface area contributed by atoms with Gasteiger partial charge in [0, 0.05) is 17.1 Å². The molecule has 1 fully saturated rings. The van der Waals surface area contributed by atoms with Gasteiger partial charge in [-0.1, -0.05) is 29.5 Å². The van der Waals surface area contributed by atoms with Gasteiger partial charge in [0.15, 0.2) is 0 Å². The van der Waals surface area contributed by atoms with Crippen LogP contribution in [0.25, 0.3) is 0 Å². The zero-order valence-electron chi connectivity index (χ0n) is 12.6. The minimum atomic E-state index is -1.01. The summed E-state index contributed by atoms with van der Waals surface area (Å²) in [5.41, 5.74) is -0.223. The number of carbonyl (C=O) groups excluding carboxylic acids is 1. The van der Waals surface area contributed by atoms with Crippen molar-refractivity contribution in [3.05, 3.63) is 34.9 Å². The molecule has 1 saturated carbocycles. The zero-order valence-corrected chi connectivity index (χ0v) is 13.3. The van der Waals surface area contributed by atoms with Crippen LogP contribution in [-0.2, 0) is 4.74 Å². The third-order valence-electron chi connectivity index (χ3n) is 3.81. The molecule has 0 radical (unpaired) electrons. The number of amides is 1. The van der Waals surface area contributed by atoms with E-state index in [9.17, 15) is 9.90 Å². The zero-order chi connectivity index (χ0) is 16.0. The fraction of sp³-hybridized carbons (Fsp3) is 0.471. The summed E-state index contributed by atoms with van der Waals surface area (Å²) in [7, 11) is 1.34. The molecule has 1 aromatic carbocycles. The highest BCUT2D eigenvalue weighted by Gasteiger charge is 2.32. The lowest BCUT2D eigenvalue weighted by molar-refractivity contribution is 0.0368. The Morgan fingerprint density at radius 2 is 2.41 bits per heavy atom. The van der Waals surface area contributed by atoms with Crippen LogP contribution in [0.2, 0.25) is 5.02 Å². The average molecular weight is 322 g/mol. The van der Waals surface area contributed by atoms with E-state index >= 15 is 0 Å². The number of nitrogens with one attached hydrogen (secondary N) is 1. The van der Waals surface area contributed by atoms with Crippen molar-refractivity contribution in [3.8, 4) is 11.8 Å². The molecule has 5 heteroatoms. The summed E-state index contributed by atoms with van der Waals surface area (Å²) in [5, 5.41) is 14.0. The Balaban J connectivity index is 1.99. The third-order valence-corrected chi connectivity index (χ3v) is 4.05. The molecule has 0 aromatic heterocycles. The summed E-state index contributed by atoms with van der Waals surface area (Å²) in [6.07, 6.45) is 2.60. The van der Waals surface area contributed by atoms with Crippen LogP contribution in [0.3, 0.4) is 0 Å². The van der Waals surface area contributed by atoms with E-state index in [1.165, 1.54) is 7.11 Å². The lowest BCUT2D eigenvalue weighted by atomic mass is 9.78. The molecule has 2 unspecified atom stereocenters. The fourth-order valence-electron chi connectivity index (χ4n) is 2.71. The molecule has 2 N–H and O–H groups in total. The molecule has 1 amide bonds. The van der Waals surface area contributed by atoms with Crippen LogP contribution in [0, 0.1) is 17.8 Å². The molecule has 0 aliphatic heterocycles. The highest BCUT2D eigenvalue weighted by molar-refractivity contribution is 6.30. The molecule has 2 rings (SSSR count). The average Bonchev–Trinajstić information content (AvgIpc) is 2.51. The van der Waals surface area contributed by atoms with Gasteiger partial charge in [-0.2, -0.15) is 0 Å². The van der Waals surface area contributed by atoms with Gasteiger partial charge in [0.1, 0.15) is 5.60 Å². The number of aliphatic hydroxyl groups is 1. The van der Waals surface area contributed by atoms with Crippen LogP contribution in [0.5, 0.6) is 0 Å². The van der Waals surface area contributed by atoms with E-state index in [4.69, 9.17) is 11.6 Å². The van der Waals surface area contributed by atoms with E-state index in [1.54, 1.807) is 12.1 Å². The van der Waals surface area contributed by atoms with Gasteiger partial charge in [0.25, 0.3) is 0 Å². The Kier molecular flexibility index (Phi) is 5.70. The van der Waals surface area contributed by atoms with E-state index in [2.05, 4.69) is 21.9 Å². The maximum atomic E-state index is 11.1. The minimum absolute atomic E-state index is 0.200. The van der Waals surface area contributed by atoms with Crippen molar-refractivity contribution < 1.29 is 14.6 Å². The lowest BCUT2D eigenvalue weighted by Crippen LogP contribution is -2.39. The standard InChI is InChI=1S/C17H20ClNO3/c1-22-16(20)19-12-14-5-3-8-17(21,11-14)9-7-13-4-2-6-15(18)10-13/h2,4,6,10,14,21H,3,5,8,11-12H2,1H3,(H,19,20). The van der Waals surface area contributed by atoms with Crippen molar-refractivity contribution in [2.24, 2.45) is 5.92 Å². The van der Waals surface area contributed by atoms with Crippen molar-refractivity contribution in [1.82, 2.24) is 5.32 Å². The van der Waals surface area contributed by atoms with Crippen LogP contribution in [0.15, 0.2) is 24.3 Å². The van der Waals surface area contributed by atoms with Gasteiger partial charge >= 0.3 is 6.09 Å². The van der Waals surface area contributed by atoms with Gasteiger partial charge in [0.05, 0.1) is 7.11 Å². The number of hydrogen-bond acceptors (Lipinski definition) is 3. The van der Waals surface area contributed by atoms with E-state index in [1.807, 2.05) is 12.1 Å². The number of ether oxygens (including phenoxy) is 1. The van der Waals surface area contributed by atoms with E-state index in [0.717, 1.165) is 18.4 Å². The topological polar surface area (TPSA) is 58.6 Å². The first kappa shape index (κ1) is 16.7. The summed E-state index contributed by atoms with van der Waals surface area (Å²) in [6, 6.07) is 7.26. The van der Waals surface area contributed by atoms with Gasteiger partial charge in [-0.25, -0.2) is 4.79 Å². The second kappa shape index (κ2) is 7.53. The molecule has 2 atom stereocenters. The lowest BCUT2D eigenvalue weighted by Gasteiger charge is -2.33. The predicted molar refractivity (Wildman–Crippen MR) is 85.6 cm³/mol. The Morgan fingerprint density at radius 3 is 3.14 bits per heavy atom. The summed E-state index contributed by atoms with van der Waals surface area (Å²) in [5.74, 6) is 6.17. The monoisotopic (exact) mass is 321 g/mol. The first-order valence-corrected chi connectivity index (χ1v) is 7.71. The molecule has 0 bridgehead atoms. The maximum absolute atomic E-state index is 11.1. The van der Waals surface area contributed by atoms with Gasteiger partial charge in [-0.05, 0) is 49.8 Å². The van der Waals surface area contributed by atoms with E-state index in [0.29, 0.717) is 24.4 Å². The van der Waals surface area contributed by atoms with Crippen molar-refractivity contribution in [1.29, 1.82) is 0 Å². The third kappa shape index (κ3) is 4.94.